The number of amides is 1. The quantitative estimate of drug-likeness (QED) is 0.246. The Bertz CT molecular complexity index is 915. The average Bonchev–Trinajstić information content (AvgIpc) is 3.37. The lowest BCUT2D eigenvalue weighted by Gasteiger charge is -2.29. The summed E-state index contributed by atoms with van der Waals surface area (Å²) < 4.78 is 5.45. The van der Waals surface area contributed by atoms with Gasteiger partial charge in [0.2, 0.25) is 0 Å². The van der Waals surface area contributed by atoms with Gasteiger partial charge in [-0.25, -0.2) is 4.99 Å². The summed E-state index contributed by atoms with van der Waals surface area (Å²) in [6.07, 6.45) is 2.46. The van der Waals surface area contributed by atoms with Crippen molar-refractivity contribution in [2.75, 3.05) is 40.3 Å². The third kappa shape index (κ3) is 7.89. The van der Waals surface area contributed by atoms with E-state index in [4.69, 9.17) is 9.73 Å². The summed E-state index contributed by atoms with van der Waals surface area (Å²) in [5.41, 5.74) is 2.88. The summed E-state index contributed by atoms with van der Waals surface area (Å²) in [7, 11) is 3.34. The number of methoxy groups -OCH3 is 1. The number of likely N-dealkylation sites (tertiary alicyclic amines) is 1. The van der Waals surface area contributed by atoms with E-state index in [-0.39, 0.29) is 35.9 Å². The second-order valence-electron chi connectivity index (χ2n) is 7.89. The Kier molecular flexibility index (Phi) is 11.5. The Morgan fingerprint density at radius 2 is 1.88 bits per heavy atom. The number of nitrogens with zero attached hydrogens (tertiary/aromatic N) is 2. The smallest absolute Gasteiger partial charge is 0.251 e. The number of carbonyl (C=O) groups is 1. The molecule has 3 rings (SSSR count). The predicted molar refractivity (Wildman–Crippen MR) is 145 cm³/mol. The number of hydrogen-bond acceptors (Lipinski definition) is 4. The van der Waals surface area contributed by atoms with E-state index in [0.29, 0.717) is 12.1 Å². The van der Waals surface area contributed by atoms with E-state index in [9.17, 15) is 4.79 Å². The number of nitrogens with one attached hydrogen (secondary N) is 3. The topological polar surface area (TPSA) is 78.0 Å². The zero-order valence-electron chi connectivity index (χ0n) is 19.8. The first-order valence-electron chi connectivity index (χ1n) is 11.4. The molecule has 0 bridgehead atoms. The van der Waals surface area contributed by atoms with Crippen molar-refractivity contribution < 1.29 is 9.53 Å². The van der Waals surface area contributed by atoms with E-state index in [0.717, 1.165) is 43.5 Å². The molecule has 1 fully saturated rings. The minimum atomic E-state index is -0.0902. The van der Waals surface area contributed by atoms with E-state index in [2.05, 4.69) is 46.0 Å². The number of halogens is 1. The Morgan fingerprint density at radius 1 is 1.12 bits per heavy atom. The largest absolute Gasteiger partial charge is 0.497 e. The minimum absolute atomic E-state index is 0. The fourth-order valence-electron chi connectivity index (χ4n) is 4.02. The number of benzene rings is 2. The second-order valence-corrected chi connectivity index (χ2v) is 7.89. The third-order valence-corrected chi connectivity index (χ3v) is 5.70. The molecule has 0 saturated carbocycles. The summed E-state index contributed by atoms with van der Waals surface area (Å²) in [6.45, 7) is 6.28. The van der Waals surface area contributed by atoms with E-state index < -0.39 is 0 Å². The number of rotatable bonds is 9. The van der Waals surface area contributed by atoms with Crippen molar-refractivity contribution in [2.24, 2.45) is 4.99 Å². The standard InChI is InChI=1S/C25H35N5O2.HI/c1-4-27-25(28-17-19-9-7-11-21(15-19)24(31)26-2)29-18-23(30-13-5-6-14-30)20-10-8-12-22(16-20)32-3;/h7-12,15-16,23H,4-6,13-14,17-18H2,1-3H3,(H,26,31)(H2,27,28,29);1H. The molecule has 8 heteroatoms. The van der Waals surface area contributed by atoms with Crippen LogP contribution in [0.15, 0.2) is 53.5 Å². The van der Waals surface area contributed by atoms with Gasteiger partial charge in [-0.1, -0.05) is 24.3 Å². The van der Waals surface area contributed by atoms with Crippen LogP contribution >= 0.6 is 24.0 Å². The Labute approximate surface area is 214 Å². The van der Waals surface area contributed by atoms with Crippen LogP contribution in [0.2, 0.25) is 0 Å². The van der Waals surface area contributed by atoms with Crippen LogP contribution in [0.25, 0.3) is 0 Å². The zero-order chi connectivity index (χ0) is 22.8. The maximum Gasteiger partial charge on any atom is 0.251 e. The third-order valence-electron chi connectivity index (χ3n) is 5.70. The maximum absolute atomic E-state index is 11.9. The highest BCUT2D eigenvalue weighted by Crippen LogP contribution is 2.27. The molecule has 1 aliphatic rings. The van der Waals surface area contributed by atoms with Crippen molar-refractivity contribution in [3.63, 3.8) is 0 Å². The number of guanidine groups is 1. The van der Waals surface area contributed by atoms with Gasteiger partial charge in [0.25, 0.3) is 5.91 Å². The molecule has 180 valence electrons. The summed E-state index contributed by atoms with van der Waals surface area (Å²) in [6, 6.07) is 16.1. The van der Waals surface area contributed by atoms with Gasteiger partial charge in [-0.2, -0.15) is 0 Å². The summed E-state index contributed by atoms with van der Waals surface area (Å²) >= 11 is 0. The summed E-state index contributed by atoms with van der Waals surface area (Å²) in [5, 5.41) is 9.53. The van der Waals surface area contributed by atoms with Crippen molar-refractivity contribution in [1.29, 1.82) is 0 Å². The lowest BCUT2D eigenvalue weighted by atomic mass is 10.1. The fourth-order valence-corrected chi connectivity index (χ4v) is 4.02. The molecule has 1 heterocycles. The van der Waals surface area contributed by atoms with Gasteiger partial charge in [0, 0.05) is 25.7 Å². The lowest BCUT2D eigenvalue weighted by molar-refractivity contribution is 0.0963. The van der Waals surface area contributed by atoms with E-state index in [1.54, 1.807) is 14.2 Å². The van der Waals surface area contributed by atoms with Crippen molar-refractivity contribution in [3.8, 4) is 5.75 Å². The van der Waals surface area contributed by atoms with Crippen molar-refractivity contribution in [3.05, 3.63) is 65.2 Å². The summed E-state index contributed by atoms with van der Waals surface area (Å²) in [4.78, 5) is 19.2. The number of hydrogen-bond donors (Lipinski definition) is 3. The highest BCUT2D eigenvalue weighted by Gasteiger charge is 2.24. The highest BCUT2D eigenvalue weighted by molar-refractivity contribution is 14.0. The molecular weight excluding hydrogens is 529 g/mol. The number of aliphatic imine (C=N–C) groups is 1. The maximum atomic E-state index is 11.9. The van der Waals surface area contributed by atoms with Gasteiger partial charge < -0.3 is 20.7 Å². The van der Waals surface area contributed by atoms with Crippen molar-refractivity contribution in [2.45, 2.75) is 32.4 Å². The normalized spacial score (nSPS) is 14.8. The van der Waals surface area contributed by atoms with E-state index in [1.807, 2.05) is 30.3 Å². The van der Waals surface area contributed by atoms with Gasteiger partial charge in [0.05, 0.1) is 19.7 Å². The van der Waals surface area contributed by atoms with E-state index >= 15 is 0 Å². The molecule has 0 aliphatic carbocycles. The Hall–Kier alpha value is -2.33. The van der Waals surface area contributed by atoms with Crippen LogP contribution in [-0.2, 0) is 6.54 Å². The van der Waals surface area contributed by atoms with Gasteiger partial charge in [-0.05, 0) is 68.2 Å². The van der Waals surface area contributed by atoms with Crippen LogP contribution in [0, 0.1) is 0 Å². The summed E-state index contributed by atoms with van der Waals surface area (Å²) in [5.74, 6) is 1.56. The van der Waals surface area contributed by atoms with Crippen molar-refractivity contribution in [1.82, 2.24) is 20.9 Å². The molecule has 1 saturated heterocycles. The lowest BCUT2D eigenvalue weighted by Crippen LogP contribution is -2.42. The molecule has 2 aromatic carbocycles. The molecule has 0 spiro atoms. The van der Waals surface area contributed by atoms with Gasteiger partial charge in [-0.15, -0.1) is 24.0 Å². The first kappa shape index (κ1) is 26.9. The number of ether oxygens (including phenoxy) is 1. The SMILES string of the molecule is CCNC(=NCc1cccc(C(=O)NC)c1)NCC(c1cccc(OC)c1)N1CCCC1.I. The van der Waals surface area contributed by atoms with Crippen LogP contribution in [0.4, 0.5) is 0 Å². The molecular formula is C25H36IN5O2. The van der Waals surface area contributed by atoms with Crippen LogP contribution in [-0.4, -0.2) is 57.1 Å². The molecule has 0 aromatic heterocycles. The zero-order valence-corrected chi connectivity index (χ0v) is 22.1. The van der Waals surface area contributed by atoms with Crippen LogP contribution in [0.1, 0.15) is 47.3 Å². The predicted octanol–water partition coefficient (Wildman–Crippen LogP) is 3.57. The first-order chi connectivity index (χ1) is 15.6. The molecule has 7 nitrogen and oxygen atoms in total. The molecule has 1 unspecified atom stereocenters. The van der Waals surface area contributed by atoms with Crippen LogP contribution < -0.4 is 20.7 Å². The van der Waals surface area contributed by atoms with Gasteiger partial charge >= 0.3 is 0 Å². The fraction of sp³-hybridized carbons (Fsp3) is 0.440. The van der Waals surface area contributed by atoms with E-state index in [1.165, 1.54) is 18.4 Å². The van der Waals surface area contributed by atoms with Gasteiger partial charge in [0.1, 0.15) is 5.75 Å². The monoisotopic (exact) mass is 565 g/mol. The molecule has 1 atom stereocenters. The Balaban J connectivity index is 0.00000385. The van der Waals surface area contributed by atoms with Crippen LogP contribution in [0.3, 0.4) is 0 Å². The molecule has 1 aliphatic heterocycles. The molecule has 1 amide bonds. The molecule has 2 aromatic rings. The average molecular weight is 566 g/mol. The molecule has 33 heavy (non-hydrogen) atoms. The first-order valence-corrected chi connectivity index (χ1v) is 11.4. The second kappa shape index (κ2) is 14.0. The minimum Gasteiger partial charge on any atom is -0.497 e. The van der Waals surface area contributed by atoms with Crippen LogP contribution in [0.5, 0.6) is 5.75 Å². The van der Waals surface area contributed by atoms with Gasteiger partial charge in [0.15, 0.2) is 5.96 Å². The molecule has 0 radical (unpaired) electrons. The highest BCUT2D eigenvalue weighted by atomic mass is 127. The number of carbonyl (C=O) groups excluding carboxylic acids is 1. The Morgan fingerprint density at radius 3 is 2.58 bits per heavy atom. The van der Waals surface area contributed by atoms with Gasteiger partial charge in [-0.3, -0.25) is 9.69 Å². The molecule has 3 N–H and O–H groups in total. The van der Waals surface area contributed by atoms with Crippen molar-refractivity contribution >= 4 is 35.8 Å².